The number of amides is 2. The lowest BCUT2D eigenvalue weighted by Crippen LogP contribution is -2.23. The lowest BCUT2D eigenvalue weighted by atomic mass is 10.7. The Bertz CT molecular complexity index is 219. The van der Waals surface area contributed by atoms with Gasteiger partial charge in [-0.15, -0.1) is 0 Å². The quantitative estimate of drug-likeness (QED) is 0.218. The number of primary amides is 1. The number of carboxylic acid groups (broad SMARTS) is 1. The minimum absolute atomic E-state index is 0.833. The Labute approximate surface area is 67.5 Å². The molecule has 2 amide bonds. The number of hydrogen-bond acceptors (Lipinski definition) is 4. The van der Waals surface area contributed by atoms with Crippen LogP contribution in [0.3, 0.4) is 0 Å². The third-order valence-electron chi connectivity index (χ3n) is 0.386. The Morgan fingerprint density at radius 2 is 2.08 bits per heavy atom. The average Bonchev–Trinajstić information content (AvgIpc) is 2.02. The number of rotatable bonds is 2. The molecule has 0 aliphatic heterocycles. The van der Waals surface area contributed by atoms with Crippen LogP contribution in [0.1, 0.15) is 0 Å². The molecule has 0 saturated carbocycles. The van der Waals surface area contributed by atoms with E-state index in [-0.39, 0.29) is 0 Å². The van der Waals surface area contributed by atoms with Gasteiger partial charge in [0.05, 0.1) is 0 Å². The van der Waals surface area contributed by atoms with E-state index in [9.17, 15) is 9.59 Å². The molecule has 0 rings (SSSR count). The normalized spacial score (nSPS) is 6.33. The minimum Gasteiger partial charge on any atom is -0.478 e. The molecule has 0 unspecified atom stereocenters. The summed E-state index contributed by atoms with van der Waals surface area (Å²) in [6.07, 6.45) is 1.90. The van der Waals surface area contributed by atoms with Crippen LogP contribution in [0.4, 0.5) is 4.79 Å². The molecule has 0 aromatic carbocycles. The summed E-state index contributed by atoms with van der Waals surface area (Å²) in [6.45, 7) is 2.96. The number of hydrogen-bond donors (Lipinski definition) is 3. The lowest BCUT2D eigenvalue weighted by molar-refractivity contribution is -0.131. The summed E-state index contributed by atoms with van der Waals surface area (Å²) in [6, 6.07) is -0.872. The molecule has 0 fully saturated rings. The summed E-state index contributed by atoms with van der Waals surface area (Å²) < 4.78 is 0. The van der Waals surface area contributed by atoms with Gasteiger partial charge >= 0.3 is 12.0 Å². The zero-order valence-corrected chi connectivity index (χ0v) is 5.98. The molecular formula is C5H7N3O4. The molecule has 66 valence electrons. The van der Waals surface area contributed by atoms with Gasteiger partial charge in [0.1, 0.15) is 0 Å². The summed E-state index contributed by atoms with van der Waals surface area (Å²) in [5.74, 6) is -0.981. The van der Waals surface area contributed by atoms with Crippen LogP contribution in [0.15, 0.2) is 17.8 Å². The molecule has 12 heavy (non-hydrogen) atoms. The predicted octanol–water partition coefficient (Wildman–Crippen LogP) is -0.837. The summed E-state index contributed by atoms with van der Waals surface area (Å²) in [5.41, 5.74) is 6.09. The van der Waals surface area contributed by atoms with Gasteiger partial charge in [0, 0.05) is 6.08 Å². The predicted molar refractivity (Wildman–Crippen MR) is 38.7 cm³/mol. The lowest BCUT2D eigenvalue weighted by Gasteiger charge is -1.80. The van der Waals surface area contributed by atoms with Crippen LogP contribution in [0.25, 0.3) is 0 Å². The van der Waals surface area contributed by atoms with Gasteiger partial charge in [-0.1, -0.05) is 11.7 Å². The smallest absolute Gasteiger partial charge is 0.333 e. The van der Waals surface area contributed by atoms with Gasteiger partial charge in [-0.25, -0.2) is 19.8 Å². The van der Waals surface area contributed by atoms with Crippen LogP contribution in [0, 0.1) is 0 Å². The molecule has 0 radical (unpaired) electrons. The number of carbonyl (C=O) groups excluding carboxylic acids is 2. The first-order valence-electron chi connectivity index (χ1n) is 2.52. The first-order valence-corrected chi connectivity index (χ1v) is 2.52. The van der Waals surface area contributed by atoms with Crippen molar-refractivity contribution >= 4 is 18.1 Å². The zero-order valence-electron chi connectivity index (χ0n) is 5.98. The van der Waals surface area contributed by atoms with Crippen LogP contribution in [-0.4, -0.2) is 23.2 Å². The number of isocyanates is 1. The maximum absolute atomic E-state index is 9.60. The van der Waals surface area contributed by atoms with Crippen molar-refractivity contribution in [2.45, 2.75) is 0 Å². The largest absolute Gasteiger partial charge is 0.478 e. The summed E-state index contributed by atoms with van der Waals surface area (Å²) in [7, 11) is 0. The number of nitrogens with one attached hydrogen (secondary N) is 1. The molecule has 0 spiro atoms. The molecule has 0 aromatic heterocycles. The number of nitrogens with two attached hydrogens (primary N) is 1. The van der Waals surface area contributed by atoms with Crippen LogP contribution in [0.5, 0.6) is 0 Å². The van der Waals surface area contributed by atoms with Gasteiger partial charge in [0.15, 0.2) is 0 Å². The summed E-state index contributed by atoms with van der Waals surface area (Å²) >= 11 is 0. The van der Waals surface area contributed by atoms with E-state index < -0.39 is 12.0 Å². The Morgan fingerprint density at radius 3 is 2.17 bits per heavy atom. The summed E-state index contributed by atoms with van der Waals surface area (Å²) in [5, 5.41) is 10.2. The number of aliphatic carboxylic acids is 1. The fourth-order valence-electron chi connectivity index (χ4n) is 0.0779. The van der Waals surface area contributed by atoms with Crippen LogP contribution < -0.4 is 11.2 Å². The molecule has 0 bridgehead atoms. The molecule has 0 heterocycles. The molecular weight excluding hydrogens is 166 g/mol. The monoisotopic (exact) mass is 173 g/mol. The third kappa shape index (κ3) is 24.8. The van der Waals surface area contributed by atoms with Gasteiger partial charge in [-0.3, -0.25) is 0 Å². The van der Waals surface area contributed by atoms with Crippen molar-refractivity contribution < 1.29 is 19.5 Å². The van der Waals surface area contributed by atoms with Crippen molar-refractivity contribution in [2.75, 3.05) is 0 Å². The zero-order chi connectivity index (χ0) is 9.98. The van der Waals surface area contributed by atoms with Crippen molar-refractivity contribution in [3.05, 3.63) is 12.7 Å². The van der Waals surface area contributed by atoms with Crippen molar-refractivity contribution in [1.82, 2.24) is 5.43 Å². The van der Waals surface area contributed by atoms with Crippen LogP contribution >= 0.6 is 0 Å². The van der Waals surface area contributed by atoms with E-state index in [4.69, 9.17) is 9.90 Å². The van der Waals surface area contributed by atoms with E-state index in [2.05, 4.69) is 17.4 Å². The van der Waals surface area contributed by atoms with Crippen molar-refractivity contribution in [1.29, 1.82) is 0 Å². The number of urea groups is 1. The minimum atomic E-state index is -0.981. The molecule has 4 N–H and O–H groups in total. The Hall–Kier alpha value is -2.14. The first kappa shape index (κ1) is 12.5. The highest BCUT2D eigenvalue weighted by Crippen LogP contribution is 1.54. The number of nitrogens with zero attached hydrogens (tertiary/aromatic N) is 1. The van der Waals surface area contributed by atoms with E-state index in [1.54, 1.807) is 5.43 Å². The topological polar surface area (TPSA) is 122 Å². The number of hydrazone groups is 1. The van der Waals surface area contributed by atoms with E-state index in [1.165, 1.54) is 0 Å². The average molecular weight is 173 g/mol. The fraction of sp³-hybridized carbons (Fsp3) is 0. The van der Waals surface area contributed by atoms with E-state index in [0.717, 1.165) is 12.2 Å². The Morgan fingerprint density at radius 1 is 1.67 bits per heavy atom. The van der Waals surface area contributed by atoms with E-state index in [0.29, 0.717) is 0 Å². The second-order valence-corrected chi connectivity index (χ2v) is 1.22. The SMILES string of the molecule is C=CC(=O)O.NC(=O)NN=C=O. The van der Waals surface area contributed by atoms with Gasteiger partial charge in [0.25, 0.3) is 6.08 Å². The van der Waals surface area contributed by atoms with Crippen molar-refractivity contribution in [2.24, 2.45) is 10.8 Å². The van der Waals surface area contributed by atoms with Gasteiger partial charge in [-0.05, 0) is 0 Å². The third-order valence-corrected chi connectivity index (χ3v) is 0.386. The fourth-order valence-corrected chi connectivity index (χ4v) is 0.0779. The number of carbonyl (C=O) groups is 2. The van der Waals surface area contributed by atoms with Gasteiger partial charge < -0.3 is 10.8 Å². The molecule has 0 aromatic rings. The Balaban J connectivity index is 0. The van der Waals surface area contributed by atoms with Crippen molar-refractivity contribution in [3.63, 3.8) is 0 Å². The first-order chi connectivity index (χ1) is 5.54. The highest BCUT2D eigenvalue weighted by Gasteiger charge is 1.79. The molecule has 7 heteroatoms. The molecule has 0 saturated heterocycles. The number of carboxylic acids is 1. The maximum Gasteiger partial charge on any atom is 0.333 e. The second-order valence-electron chi connectivity index (χ2n) is 1.22. The van der Waals surface area contributed by atoms with Crippen LogP contribution in [-0.2, 0) is 9.59 Å². The molecule has 0 aliphatic rings. The summed E-state index contributed by atoms with van der Waals surface area (Å²) in [4.78, 5) is 28.0. The Kier molecular flexibility index (Phi) is 9.25. The molecule has 0 atom stereocenters. The molecule has 7 nitrogen and oxygen atoms in total. The van der Waals surface area contributed by atoms with Gasteiger partial charge in [0.2, 0.25) is 0 Å². The van der Waals surface area contributed by atoms with Crippen LogP contribution in [0.2, 0.25) is 0 Å². The van der Waals surface area contributed by atoms with Crippen molar-refractivity contribution in [3.8, 4) is 0 Å². The molecule has 0 aliphatic carbocycles. The van der Waals surface area contributed by atoms with Gasteiger partial charge in [-0.2, -0.15) is 0 Å². The highest BCUT2D eigenvalue weighted by atomic mass is 16.4. The standard InChI is InChI=1S/C3H4O2.C2H3N3O2/c1-2-3(4)5;3-2(7)5-4-1-6/h2H,1H2,(H,4,5);(H3,3,5,7). The van der Waals surface area contributed by atoms with E-state index >= 15 is 0 Å². The van der Waals surface area contributed by atoms with E-state index in [1.807, 2.05) is 0 Å². The second kappa shape index (κ2) is 8.86. The highest BCUT2D eigenvalue weighted by molar-refractivity contribution is 5.78. The maximum atomic E-state index is 9.60.